The number of rotatable bonds is 8. The predicted molar refractivity (Wildman–Crippen MR) is 112 cm³/mol. The number of nitrogens with one attached hydrogen (secondary N) is 1. The number of likely N-dealkylation sites (N-methyl/N-ethyl adjacent to an activating group) is 1. The smallest absolute Gasteiger partial charge is 0.246 e. The fourth-order valence-electron chi connectivity index (χ4n) is 2.96. The Morgan fingerprint density at radius 2 is 1.93 bits per heavy atom. The van der Waals surface area contributed by atoms with Crippen molar-refractivity contribution in [3.8, 4) is 17.0 Å². The summed E-state index contributed by atoms with van der Waals surface area (Å²) < 4.78 is 31.6. The van der Waals surface area contributed by atoms with E-state index in [0.717, 1.165) is 29.8 Å². The first-order chi connectivity index (χ1) is 14.5. The Kier molecular flexibility index (Phi) is 6.95. The summed E-state index contributed by atoms with van der Waals surface area (Å²) in [7, 11) is 3.12. The van der Waals surface area contributed by atoms with Crippen LogP contribution in [0.2, 0.25) is 0 Å². The fourth-order valence-corrected chi connectivity index (χ4v) is 2.96. The number of carbonyl (C=O) groups excluding carboxylic acids is 1. The van der Waals surface area contributed by atoms with E-state index in [9.17, 15) is 13.6 Å². The molecule has 7 heteroatoms. The zero-order valence-corrected chi connectivity index (χ0v) is 16.9. The molecule has 2 aromatic carbocycles. The second-order valence-electron chi connectivity index (χ2n) is 6.88. The van der Waals surface area contributed by atoms with Gasteiger partial charge in [-0.2, -0.15) is 5.10 Å². The van der Waals surface area contributed by atoms with Crippen LogP contribution in [0.1, 0.15) is 17.7 Å². The number of benzene rings is 2. The van der Waals surface area contributed by atoms with Crippen molar-refractivity contribution in [1.82, 2.24) is 15.1 Å². The molecule has 3 aromatic rings. The molecule has 0 saturated carbocycles. The maximum absolute atomic E-state index is 13.7. The summed E-state index contributed by atoms with van der Waals surface area (Å²) in [6.45, 7) is 0.561. The van der Waals surface area contributed by atoms with Crippen LogP contribution in [0.4, 0.5) is 8.78 Å². The van der Waals surface area contributed by atoms with Crippen molar-refractivity contribution >= 4 is 12.0 Å². The number of halogens is 2. The molecular formula is C23H23F2N3O2. The van der Waals surface area contributed by atoms with Gasteiger partial charge in [-0.3, -0.25) is 9.89 Å². The largest absolute Gasteiger partial charge is 0.494 e. The monoisotopic (exact) mass is 411 g/mol. The van der Waals surface area contributed by atoms with Gasteiger partial charge in [-0.25, -0.2) is 8.78 Å². The Labute approximate surface area is 174 Å². The Balaban J connectivity index is 1.48. The van der Waals surface area contributed by atoms with Gasteiger partial charge in [-0.15, -0.1) is 0 Å². The van der Waals surface area contributed by atoms with Gasteiger partial charge in [0.1, 0.15) is 5.82 Å². The fraction of sp³-hybridized carbons (Fsp3) is 0.217. The van der Waals surface area contributed by atoms with Gasteiger partial charge in [0.05, 0.1) is 12.8 Å². The van der Waals surface area contributed by atoms with Crippen LogP contribution >= 0.6 is 0 Å². The van der Waals surface area contributed by atoms with Crippen LogP contribution < -0.4 is 4.74 Å². The number of hydrogen-bond acceptors (Lipinski definition) is 3. The van der Waals surface area contributed by atoms with E-state index in [2.05, 4.69) is 10.2 Å². The highest BCUT2D eigenvalue weighted by molar-refractivity contribution is 5.91. The molecule has 0 aliphatic rings. The highest BCUT2D eigenvalue weighted by Gasteiger charge is 2.08. The first kappa shape index (κ1) is 21.2. The molecule has 0 bridgehead atoms. The first-order valence-electron chi connectivity index (χ1n) is 9.53. The second kappa shape index (κ2) is 9.82. The second-order valence-corrected chi connectivity index (χ2v) is 6.88. The van der Waals surface area contributed by atoms with Gasteiger partial charge in [0.25, 0.3) is 0 Å². The van der Waals surface area contributed by atoms with Gasteiger partial charge in [0, 0.05) is 30.9 Å². The third kappa shape index (κ3) is 5.53. The molecule has 0 unspecified atom stereocenters. The molecule has 0 aliphatic carbocycles. The number of ether oxygens (including phenoxy) is 1. The molecule has 0 saturated heterocycles. The highest BCUT2D eigenvalue weighted by Crippen LogP contribution is 2.19. The van der Waals surface area contributed by atoms with Crippen LogP contribution in [-0.2, 0) is 11.2 Å². The van der Waals surface area contributed by atoms with E-state index < -0.39 is 5.82 Å². The van der Waals surface area contributed by atoms with Gasteiger partial charge < -0.3 is 9.64 Å². The van der Waals surface area contributed by atoms with E-state index in [4.69, 9.17) is 4.74 Å². The summed E-state index contributed by atoms with van der Waals surface area (Å²) in [4.78, 5) is 13.9. The number of nitrogens with zero attached hydrogens (tertiary/aromatic N) is 2. The van der Waals surface area contributed by atoms with Crippen molar-refractivity contribution in [1.29, 1.82) is 0 Å². The number of hydrogen-bond donors (Lipinski definition) is 1. The van der Waals surface area contributed by atoms with E-state index in [0.29, 0.717) is 12.1 Å². The zero-order valence-electron chi connectivity index (χ0n) is 16.9. The molecule has 1 N–H and O–H groups in total. The van der Waals surface area contributed by atoms with Gasteiger partial charge in [-0.05, 0) is 66.9 Å². The van der Waals surface area contributed by atoms with Crippen molar-refractivity contribution in [2.75, 3.05) is 20.7 Å². The molecule has 1 aromatic heterocycles. The Morgan fingerprint density at radius 1 is 1.17 bits per heavy atom. The molecule has 0 atom stereocenters. The van der Waals surface area contributed by atoms with Gasteiger partial charge >= 0.3 is 0 Å². The summed E-state index contributed by atoms with van der Waals surface area (Å²) in [5, 5.41) is 7.23. The summed E-state index contributed by atoms with van der Waals surface area (Å²) in [6, 6.07) is 12.6. The molecule has 30 heavy (non-hydrogen) atoms. The number of aromatic amines is 1. The molecule has 0 fully saturated rings. The van der Waals surface area contributed by atoms with Gasteiger partial charge in [-0.1, -0.05) is 6.07 Å². The molecule has 1 amide bonds. The van der Waals surface area contributed by atoms with Crippen molar-refractivity contribution in [3.05, 3.63) is 77.5 Å². The highest BCUT2D eigenvalue weighted by atomic mass is 19.1. The van der Waals surface area contributed by atoms with E-state index in [1.807, 2.05) is 6.07 Å². The van der Waals surface area contributed by atoms with Crippen LogP contribution in [-0.4, -0.2) is 41.7 Å². The third-order valence-corrected chi connectivity index (χ3v) is 4.68. The third-order valence-electron chi connectivity index (χ3n) is 4.68. The lowest BCUT2D eigenvalue weighted by Gasteiger charge is -2.14. The molecular weight excluding hydrogens is 388 g/mol. The lowest BCUT2D eigenvalue weighted by molar-refractivity contribution is -0.124. The maximum Gasteiger partial charge on any atom is 0.246 e. The number of methoxy groups -OCH3 is 1. The first-order valence-corrected chi connectivity index (χ1v) is 9.53. The van der Waals surface area contributed by atoms with Crippen LogP contribution in [0, 0.1) is 11.6 Å². The average molecular weight is 411 g/mol. The average Bonchev–Trinajstić information content (AvgIpc) is 3.21. The number of aryl methyl sites for hydroxylation is 1. The van der Waals surface area contributed by atoms with Crippen molar-refractivity contribution < 1.29 is 18.3 Å². The Morgan fingerprint density at radius 3 is 2.63 bits per heavy atom. The minimum atomic E-state index is -0.472. The van der Waals surface area contributed by atoms with E-state index in [1.54, 1.807) is 36.2 Å². The molecule has 156 valence electrons. The number of carbonyl (C=O) groups is 1. The lowest BCUT2D eigenvalue weighted by Crippen LogP contribution is -2.26. The quantitative estimate of drug-likeness (QED) is 0.557. The molecule has 0 radical (unpaired) electrons. The molecule has 0 spiro atoms. The number of aromatic nitrogens is 2. The van der Waals surface area contributed by atoms with Crippen LogP contribution in [0.25, 0.3) is 17.3 Å². The van der Waals surface area contributed by atoms with E-state index in [1.165, 1.54) is 37.5 Å². The van der Waals surface area contributed by atoms with Crippen LogP contribution in [0.3, 0.4) is 0 Å². The Bertz CT molecular complexity index is 1030. The predicted octanol–water partition coefficient (Wildman–Crippen LogP) is 4.47. The SMILES string of the molecule is COc1ccc(C=CC(=O)N(C)CCCc2cc(-c3ccc(F)cc3)n[nH]2)cc1F. The van der Waals surface area contributed by atoms with Crippen molar-refractivity contribution in [3.63, 3.8) is 0 Å². The molecule has 5 nitrogen and oxygen atoms in total. The van der Waals surface area contributed by atoms with E-state index in [-0.39, 0.29) is 17.5 Å². The van der Waals surface area contributed by atoms with Gasteiger partial charge in [0.15, 0.2) is 11.6 Å². The number of H-pyrrole nitrogens is 1. The maximum atomic E-state index is 13.7. The van der Waals surface area contributed by atoms with Crippen LogP contribution in [0.5, 0.6) is 5.75 Å². The molecule has 1 heterocycles. The summed E-state index contributed by atoms with van der Waals surface area (Å²) >= 11 is 0. The summed E-state index contributed by atoms with van der Waals surface area (Å²) in [6.07, 6.45) is 4.47. The molecule has 3 rings (SSSR count). The van der Waals surface area contributed by atoms with Gasteiger partial charge in [0.2, 0.25) is 5.91 Å². The topological polar surface area (TPSA) is 58.2 Å². The number of amides is 1. The van der Waals surface area contributed by atoms with Crippen LogP contribution in [0.15, 0.2) is 54.6 Å². The standard InChI is InChI=1S/C23H23F2N3O2/c1-28(23(29)12-6-16-5-11-22(30-2)20(25)14-16)13-3-4-19-15-21(27-26-19)17-7-9-18(24)10-8-17/h5-12,14-15H,3-4,13H2,1-2H3,(H,26,27). The zero-order chi connectivity index (χ0) is 21.5. The Hall–Kier alpha value is -3.48. The van der Waals surface area contributed by atoms with E-state index >= 15 is 0 Å². The minimum absolute atomic E-state index is 0.164. The summed E-state index contributed by atoms with van der Waals surface area (Å²) in [5.41, 5.74) is 3.12. The lowest BCUT2D eigenvalue weighted by atomic mass is 10.1. The summed E-state index contributed by atoms with van der Waals surface area (Å²) in [5.74, 6) is -0.756. The molecule has 0 aliphatic heterocycles. The van der Waals surface area contributed by atoms with Crippen molar-refractivity contribution in [2.24, 2.45) is 0 Å². The minimum Gasteiger partial charge on any atom is -0.494 e. The van der Waals surface area contributed by atoms with Crippen molar-refractivity contribution in [2.45, 2.75) is 12.8 Å². The normalized spacial score (nSPS) is 11.1.